The molecule has 8 nitrogen and oxygen atoms in total. The zero-order chi connectivity index (χ0) is 19.4. The highest BCUT2D eigenvalue weighted by Crippen LogP contribution is 2.28. The molecule has 1 fully saturated rings. The van der Waals surface area contributed by atoms with Crippen molar-refractivity contribution >= 4 is 46.7 Å². The molecular weight excluding hydrogens is 393 g/mol. The number of ether oxygens (including phenoxy) is 1. The lowest BCUT2D eigenvalue weighted by atomic mass is 10.3. The minimum Gasteiger partial charge on any atom is -0.451 e. The topological polar surface area (TPSA) is 97.3 Å². The van der Waals surface area contributed by atoms with Gasteiger partial charge >= 0.3 is 5.97 Å². The number of halogens is 2. The molecule has 10 heteroatoms. The zero-order valence-corrected chi connectivity index (χ0v) is 16.0. The average Bonchev–Trinajstić information content (AvgIpc) is 3.21. The average molecular weight is 410 g/mol. The van der Waals surface area contributed by atoms with Crippen LogP contribution < -0.4 is 10.2 Å². The van der Waals surface area contributed by atoms with Crippen LogP contribution in [-0.2, 0) is 9.53 Å². The van der Waals surface area contributed by atoms with E-state index >= 15 is 0 Å². The summed E-state index contributed by atoms with van der Waals surface area (Å²) in [6.07, 6.45) is 3.61. The molecule has 1 N–H and O–H groups in total. The molecule has 0 saturated carbocycles. The molecule has 0 radical (unpaired) electrons. The fourth-order valence-corrected chi connectivity index (χ4v) is 2.96. The van der Waals surface area contributed by atoms with E-state index in [2.05, 4.69) is 25.4 Å². The largest absolute Gasteiger partial charge is 0.451 e. The summed E-state index contributed by atoms with van der Waals surface area (Å²) < 4.78 is 4.96. The maximum Gasteiger partial charge on any atom is 0.359 e. The lowest BCUT2D eigenvalue weighted by Gasteiger charge is -2.15. The highest BCUT2D eigenvalue weighted by atomic mass is 35.5. The summed E-state index contributed by atoms with van der Waals surface area (Å²) in [5.74, 6) is -0.451. The number of pyridine rings is 1. The minimum atomic E-state index is -0.739. The van der Waals surface area contributed by atoms with Gasteiger partial charge in [-0.05, 0) is 37.5 Å². The van der Waals surface area contributed by atoms with Gasteiger partial charge in [-0.15, -0.1) is 10.2 Å². The first kappa shape index (κ1) is 19.3. The predicted molar refractivity (Wildman–Crippen MR) is 101 cm³/mol. The molecule has 3 heterocycles. The van der Waals surface area contributed by atoms with Gasteiger partial charge < -0.3 is 15.0 Å². The second kappa shape index (κ2) is 8.49. The first-order valence-electron chi connectivity index (χ1n) is 8.32. The Bertz CT molecular complexity index is 854. The van der Waals surface area contributed by atoms with Crippen LogP contribution in [0.25, 0.3) is 0 Å². The number of nitrogens with one attached hydrogen (secondary N) is 1. The number of nitrogens with zero attached hydrogens (tertiary/aromatic N) is 4. The van der Waals surface area contributed by atoms with Crippen LogP contribution in [-0.4, -0.2) is 46.8 Å². The van der Waals surface area contributed by atoms with E-state index in [1.807, 2.05) is 0 Å². The molecule has 2 aromatic heterocycles. The Morgan fingerprint density at radius 3 is 2.63 bits per heavy atom. The maximum absolute atomic E-state index is 12.0. The molecule has 0 bridgehead atoms. The summed E-state index contributed by atoms with van der Waals surface area (Å²) in [7, 11) is 0. The second-order valence-electron chi connectivity index (χ2n) is 5.99. The van der Waals surface area contributed by atoms with E-state index in [1.165, 1.54) is 12.3 Å². The Morgan fingerprint density at radius 2 is 1.96 bits per heavy atom. The first-order valence-corrected chi connectivity index (χ1v) is 9.07. The molecule has 27 heavy (non-hydrogen) atoms. The molecule has 1 aliphatic heterocycles. The number of esters is 1. The minimum absolute atomic E-state index is 0.0317. The van der Waals surface area contributed by atoms with Gasteiger partial charge in [0.25, 0.3) is 5.91 Å². The van der Waals surface area contributed by atoms with Crippen LogP contribution in [0.5, 0.6) is 0 Å². The van der Waals surface area contributed by atoms with Crippen LogP contribution in [0.1, 0.15) is 28.9 Å². The molecular formula is C17H17Cl2N5O3. The van der Waals surface area contributed by atoms with E-state index in [-0.39, 0.29) is 16.5 Å². The van der Waals surface area contributed by atoms with Crippen molar-refractivity contribution in [2.75, 3.05) is 29.9 Å². The number of hydrogen-bond donors (Lipinski definition) is 1. The van der Waals surface area contributed by atoms with Crippen molar-refractivity contribution in [1.82, 2.24) is 15.2 Å². The van der Waals surface area contributed by atoms with Crippen molar-refractivity contribution in [2.45, 2.75) is 19.8 Å². The van der Waals surface area contributed by atoms with Crippen LogP contribution in [0.3, 0.4) is 0 Å². The molecule has 3 rings (SSSR count). The number of amides is 1. The van der Waals surface area contributed by atoms with Crippen molar-refractivity contribution in [3.63, 3.8) is 0 Å². The van der Waals surface area contributed by atoms with Crippen molar-refractivity contribution < 1.29 is 14.3 Å². The van der Waals surface area contributed by atoms with E-state index in [9.17, 15) is 9.59 Å². The number of anilines is 2. The molecule has 0 unspecified atom stereocenters. The van der Waals surface area contributed by atoms with Gasteiger partial charge in [0.1, 0.15) is 0 Å². The van der Waals surface area contributed by atoms with E-state index in [4.69, 9.17) is 27.9 Å². The fourth-order valence-electron chi connectivity index (χ4n) is 2.57. The number of aromatic nitrogens is 3. The van der Waals surface area contributed by atoms with E-state index in [0.29, 0.717) is 10.6 Å². The molecule has 0 spiro atoms. The van der Waals surface area contributed by atoms with Gasteiger partial charge in [0.05, 0.1) is 10.0 Å². The lowest BCUT2D eigenvalue weighted by molar-refractivity contribution is -0.119. The van der Waals surface area contributed by atoms with Gasteiger partial charge in [-0.25, -0.2) is 9.78 Å². The summed E-state index contributed by atoms with van der Waals surface area (Å²) >= 11 is 12.0. The Hall–Kier alpha value is -2.45. The van der Waals surface area contributed by atoms with Gasteiger partial charge in [0.15, 0.2) is 23.9 Å². The highest BCUT2D eigenvalue weighted by molar-refractivity contribution is 6.37. The second-order valence-corrected chi connectivity index (χ2v) is 6.77. The van der Waals surface area contributed by atoms with Crippen molar-refractivity contribution in [2.24, 2.45) is 0 Å². The van der Waals surface area contributed by atoms with Gasteiger partial charge in [-0.1, -0.05) is 23.2 Å². The van der Waals surface area contributed by atoms with E-state index in [0.717, 1.165) is 31.7 Å². The molecule has 142 valence electrons. The summed E-state index contributed by atoms with van der Waals surface area (Å²) in [6.45, 7) is 3.05. The predicted octanol–water partition coefficient (Wildman–Crippen LogP) is 2.88. The van der Waals surface area contributed by atoms with Gasteiger partial charge in [0.2, 0.25) is 0 Å². The third kappa shape index (κ3) is 4.64. The Balaban J connectivity index is 1.54. The van der Waals surface area contributed by atoms with E-state index in [1.54, 1.807) is 13.0 Å². The molecule has 0 atom stereocenters. The highest BCUT2D eigenvalue weighted by Gasteiger charge is 2.17. The van der Waals surface area contributed by atoms with Crippen molar-refractivity contribution in [1.29, 1.82) is 0 Å². The molecule has 0 aromatic carbocycles. The zero-order valence-electron chi connectivity index (χ0n) is 14.5. The summed E-state index contributed by atoms with van der Waals surface area (Å²) in [4.78, 5) is 30.0. The van der Waals surface area contributed by atoms with Crippen molar-refractivity contribution in [3.8, 4) is 0 Å². The normalized spacial score (nSPS) is 13.5. The quantitative estimate of drug-likeness (QED) is 0.757. The molecule has 1 saturated heterocycles. The fraction of sp³-hybridized carbons (Fsp3) is 0.353. The van der Waals surface area contributed by atoms with Gasteiger partial charge in [-0.2, -0.15) is 0 Å². The number of rotatable bonds is 5. The van der Waals surface area contributed by atoms with Gasteiger partial charge in [0, 0.05) is 19.3 Å². The third-order valence-electron chi connectivity index (χ3n) is 4.08. The Labute approximate surface area is 165 Å². The number of carbonyl (C=O) groups excluding carboxylic acids is 2. The van der Waals surface area contributed by atoms with Crippen molar-refractivity contribution in [3.05, 3.63) is 39.6 Å². The van der Waals surface area contributed by atoms with Crippen LogP contribution in [0.15, 0.2) is 18.3 Å². The summed E-state index contributed by atoms with van der Waals surface area (Å²) in [6, 6.07) is 3.25. The van der Waals surface area contributed by atoms with E-state index < -0.39 is 18.5 Å². The SMILES string of the molecule is Cc1c(Cl)cnc(NC(=O)COC(=O)c2ccc(N3CCCC3)nn2)c1Cl. The number of carbonyl (C=O) groups is 2. The van der Waals surface area contributed by atoms with Crippen LogP contribution in [0.4, 0.5) is 11.6 Å². The molecule has 1 amide bonds. The van der Waals surface area contributed by atoms with Crippen LogP contribution >= 0.6 is 23.2 Å². The Morgan fingerprint density at radius 1 is 1.22 bits per heavy atom. The monoisotopic (exact) mass is 409 g/mol. The third-order valence-corrected chi connectivity index (χ3v) is 4.93. The summed E-state index contributed by atoms with van der Waals surface area (Å²) in [5.41, 5.74) is 0.623. The molecule has 1 aliphatic rings. The Kier molecular flexibility index (Phi) is 6.08. The number of hydrogen-bond acceptors (Lipinski definition) is 7. The smallest absolute Gasteiger partial charge is 0.359 e. The standard InChI is InChI=1S/C17H17Cl2N5O3/c1-10-11(18)8-20-16(15(10)19)21-14(25)9-27-17(26)12-4-5-13(23-22-12)24-6-2-3-7-24/h4-5,8H,2-3,6-7,9H2,1H3,(H,20,21,25). The molecule has 0 aliphatic carbocycles. The summed E-state index contributed by atoms with van der Waals surface area (Å²) in [5, 5.41) is 11.0. The lowest BCUT2D eigenvalue weighted by Crippen LogP contribution is -2.23. The maximum atomic E-state index is 12.0. The van der Waals surface area contributed by atoms with Crippen LogP contribution in [0, 0.1) is 6.92 Å². The first-order chi connectivity index (χ1) is 13.0. The molecule has 2 aromatic rings. The van der Waals surface area contributed by atoms with Gasteiger partial charge in [-0.3, -0.25) is 4.79 Å². The van der Waals surface area contributed by atoms with Crippen LogP contribution in [0.2, 0.25) is 10.0 Å².